The number of fused-ring (bicyclic) bond motifs is 1. The molecule has 3 amide bonds. The summed E-state index contributed by atoms with van der Waals surface area (Å²) in [6.45, 7) is 4.71. The van der Waals surface area contributed by atoms with E-state index in [-0.39, 0.29) is 30.2 Å². The van der Waals surface area contributed by atoms with Gasteiger partial charge in [-0.25, -0.2) is 0 Å². The van der Waals surface area contributed by atoms with Crippen molar-refractivity contribution >= 4 is 17.7 Å². The van der Waals surface area contributed by atoms with E-state index in [4.69, 9.17) is 9.47 Å². The maximum atomic E-state index is 12.9. The van der Waals surface area contributed by atoms with E-state index in [0.717, 1.165) is 56.5 Å². The Morgan fingerprint density at radius 2 is 1.97 bits per heavy atom. The molecule has 8 nitrogen and oxygen atoms in total. The highest BCUT2D eigenvalue weighted by Gasteiger charge is 2.40. The van der Waals surface area contributed by atoms with Crippen molar-refractivity contribution in [1.29, 1.82) is 0 Å². The third kappa shape index (κ3) is 4.45. The van der Waals surface area contributed by atoms with Crippen LogP contribution in [0.3, 0.4) is 0 Å². The number of ether oxygens (including phenoxy) is 2. The van der Waals surface area contributed by atoms with Crippen LogP contribution in [0.15, 0.2) is 18.2 Å². The van der Waals surface area contributed by atoms with E-state index in [1.165, 1.54) is 0 Å². The topological polar surface area (TPSA) is 88.2 Å². The quantitative estimate of drug-likeness (QED) is 0.589. The molecule has 0 spiro atoms. The molecule has 0 bridgehead atoms. The van der Waals surface area contributed by atoms with Gasteiger partial charge in [0.15, 0.2) is 0 Å². The lowest BCUT2D eigenvalue weighted by molar-refractivity contribution is -0.136. The zero-order valence-electron chi connectivity index (χ0n) is 20.1. The third-order valence-electron chi connectivity index (χ3n) is 8.09. The number of imide groups is 1. The molecule has 0 radical (unpaired) electrons. The molecule has 0 aromatic heterocycles. The van der Waals surface area contributed by atoms with Gasteiger partial charge in [-0.05, 0) is 74.8 Å². The second kappa shape index (κ2) is 9.66. The molecular formula is C26H35N3O5. The molecule has 1 aromatic carbocycles. The van der Waals surface area contributed by atoms with Gasteiger partial charge in [-0.1, -0.05) is 6.92 Å². The summed E-state index contributed by atoms with van der Waals surface area (Å²) in [5.74, 6) is 0.680. The fourth-order valence-electron chi connectivity index (χ4n) is 6.11. The van der Waals surface area contributed by atoms with Crippen LogP contribution in [0.5, 0.6) is 5.75 Å². The number of nitrogens with zero attached hydrogens (tertiary/aromatic N) is 2. The van der Waals surface area contributed by atoms with Crippen molar-refractivity contribution in [2.45, 2.75) is 82.7 Å². The lowest BCUT2D eigenvalue weighted by Crippen LogP contribution is -2.52. The molecule has 2 aliphatic heterocycles. The van der Waals surface area contributed by atoms with Crippen LogP contribution in [0.4, 0.5) is 0 Å². The first kappa shape index (κ1) is 23.3. The number of carbonyl (C=O) groups is 3. The number of hydrogen-bond donors (Lipinski definition) is 1. The fraction of sp³-hybridized carbons (Fsp3) is 0.654. The van der Waals surface area contributed by atoms with Crippen LogP contribution in [0.2, 0.25) is 0 Å². The zero-order chi connectivity index (χ0) is 23.8. The van der Waals surface area contributed by atoms with Crippen LogP contribution in [0, 0.1) is 5.92 Å². The number of rotatable bonds is 8. The summed E-state index contributed by atoms with van der Waals surface area (Å²) < 4.78 is 12.0. The predicted octanol–water partition coefficient (Wildman–Crippen LogP) is 2.49. The van der Waals surface area contributed by atoms with E-state index in [2.05, 4.69) is 17.1 Å². The zero-order valence-corrected chi connectivity index (χ0v) is 20.1. The van der Waals surface area contributed by atoms with Crippen molar-refractivity contribution in [2.75, 3.05) is 20.2 Å². The van der Waals surface area contributed by atoms with Crippen molar-refractivity contribution in [3.63, 3.8) is 0 Å². The van der Waals surface area contributed by atoms with Crippen molar-refractivity contribution in [3.05, 3.63) is 29.3 Å². The van der Waals surface area contributed by atoms with Gasteiger partial charge in [-0.3, -0.25) is 24.6 Å². The van der Waals surface area contributed by atoms with Gasteiger partial charge in [0.05, 0.1) is 6.10 Å². The van der Waals surface area contributed by atoms with Gasteiger partial charge < -0.3 is 14.4 Å². The largest absolute Gasteiger partial charge is 0.489 e. The molecule has 8 heteroatoms. The SMILES string of the molecule is CCN(CC1CC(OC)C1)C1CCCC1Oc1ccc2c(c1)CN(C1CCC(=O)NC1=O)C2=O. The van der Waals surface area contributed by atoms with Gasteiger partial charge >= 0.3 is 0 Å². The Kier molecular flexibility index (Phi) is 6.62. The van der Waals surface area contributed by atoms with E-state index in [0.29, 0.717) is 36.6 Å². The number of piperidine rings is 1. The highest BCUT2D eigenvalue weighted by atomic mass is 16.5. The minimum absolute atomic E-state index is 0.139. The minimum atomic E-state index is -0.594. The molecule has 184 valence electrons. The smallest absolute Gasteiger partial charge is 0.255 e. The van der Waals surface area contributed by atoms with Crippen LogP contribution in [-0.4, -0.2) is 72.0 Å². The van der Waals surface area contributed by atoms with Crippen LogP contribution >= 0.6 is 0 Å². The highest BCUT2D eigenvalue weighted by molar-refractivity contribution is 6.05. The first-order valence-electron chi connectivity index (χ1n) is 12.7. The number of methoxy groups -OCH3 is 1. The van der Waals surface area contributed by atoms with Gasteiger partial charge in [-0.15, -0.1) is 0 Å². The van der Waals surface area contributed by atoms with Gasteiger partial charge in [0.1, 0.15) is 17.9 Å². The van der Waals surface area contributed by atoms with E-state index in [1.54, 1.807) is 12.0 Å². The second-order valence-corrected chi connectivity index (χ2v) is 10.2. The molecular weight excluding hydrogens is 434 g/mol. The average Bonchev–Trinajstić information content (AvgIpc) is 3.37. The van der Waals surface area contributed by atoms with E-state index < -0.39 is 6.04 Å². The lowest BCUT2D eigenvalue weighted by Gasteiger charge is -2.40. The lowest BCUT2D eigenvalue weighted by atomic mass is 9.81. The summed E-state index contributed by atoms with van der Waals surface area (Å²) in [6, 6.07) is 5.47. The Labute approximate surface area is 200 Å². The minimum Gasteiger partial charge on any atom is -0.489 e. The van der Waals surface area contributed by atoms with Crippen molar-refractivity contribution < 1.29 is 23.9 Å². The van der Waals surface area contributed by atoms with Crippen LogP contribution < -0.4 is 10.1 Å². The Bertz CT molecular complexity index is 960. The van der Waals surface area contributed by atoms with E-state index in [9.17, 15) is 14.4 Å². The number of benzene rings is 1. The van der Waals surface area contributed by atoms with Gasteiger partial charge in [0.2, 0.25) is 11.8 Å². The summed E-state index contributed by atoms with van der Waals surface area (Å²) in [7, 11) is 1.80. The Morgan fingerprint density at radius 1 is 1.15 bits per heavy atom. The first-order chi connectivity index (χ1) is 16.5. The van der Waals surface area contributed by atoms with Crippen LogP contribution in [0.1, 0.15) is 67.8 Å². The molecule has 1 aromatic rings. The molecule has 3 atom stereocenters. The molecule has 1 N–H and O–H groups in total. The first-order valence-corrected chi connectivity index (χ1v) is 12.7. The van der Waals surface area contributed by atoms with Gasteiger partial charge in [-0.2, -0.15) is 0 Å². The van der Waals surface area contributed by atoms with Crippen LogP contribution in [-0.2, 0) is 20.9 Å². The van der Waals surface area contributed by atoms with E-state index in [1.807, 2.05) is 18.2 Å². The highest BCUT2D eigenvalue weighted by Crippen LogP contribution is 2.35. The molecule has 5 rings (SSSR count). The number of hydrogen-bond acceptors (Lipinski definition) is 6. The number of carbonyl (C=O) groups excluding carboxylic acids is 3. The maximum Gasteiger partial charge on any atom is 0.255 e. The Balaban J connectivity index is 1.23. The molecule has 2 saturated carbocycles. The third-order valence-corrected chi connectivity index (χ3v) is 8.09. The average molecular weight is 470 g/mol. The molecule has 34 heavy (non-hydrogen) atoms. The summed E-state index contributed by atoms with van der Waals surface area (Å²) >= 11 is 0. The van der Waals surface area contributed by atoms with Crippen molar-refractivity contribution in [1.82, 2.24) is 15.1 Å². The second-order valence-electron chi connectivity index (χ2n) is 10.2. The normalized spacial score (nSPS) is 31.0. The van der Waals surface area contributed by atoms with Gasteiger partial charge in [0.25, 0.3) is 5.91 Å². The summed E-state index contributed by atoms with van der Waals surface area (Å²) in [5, 5.41) is 2.35. The molecule has 1 saturated heterocycles. The monoisotopic (exact) mass is 469 g/mol. The maximum absolute atomic E-state index is 12.9. The van der Waals surface area contributed by atoms with Gasteiger partial charge in [0, 0.05) is 38.2 Å². The molecule has 2 heterocycles. The number of nitrogens with one attached hydrogen (secondary N) is 1. The van der Waals surface area contributed by atoms with Crippen molar-refractivity contribution in [2.24, 2.45) is 5.92 Å². The Morgan fingerprint density at radius 3 is 2.71 bits per heavy atom. The number of amides is 3. The molecule has 4 aliphatic rings. The molecule has 3 fully saturated rings. The summed E-state index contributed by atoms with van der Waals surface area (Å²) in [5.41, 5.74) is 1.50. The van der Waals surface area contributed by atoms with Crippen LogP contribution in [0.25, 0.3) is 0 Å². The number of likely N-dealkylation sites (N-methyl/N-ethyl adjacent to an activating group) is 1. The predicted molar refractivity (Wildman–Crippen MR) is 125 cm³/mol. The summed E-state index contributed by atoms with van der Waals surface area (Å²) in [6.07, 6.45) is 6.82. The standard InChI is InChI=1S/C26H35N3O5/c1-3-28(14-16-11-19(12-16)33-2)21-5-4-6-23(21)34-18-7-8-20-17(13-18)15-29(26(20)32)22-9-10-24(30)27-25(22)31/h7-8,13,16,19,21-23H,3-6,9-12,14-15H2,1-2H3,(H,27,30,31). The van der Waals surface area contributed by atoms with E-state index >= 15 is 0 Å². The molecule has 2 aliphatic carbocycles. The fourth-order valence-corrected chi connectivity index (χ4v) is 6.11. The summed E-state index contributed by atoms with van der Waals surface area (Å²) in [4.78, 5) is 40.9. The van der Waals surface area contributed by atoms with Crippen molar-refractivity contribution in [3.8, 4) is 5.75 Å². The Hall–Kier alpha value is -2.45. The molecule has 3 unspecified atom stereocenters.